The summed E-state index contributed by atoms with van der Waals surface area (Å²) in [6, 6.07) is 3.67. The number of esters is 1. The van der Waals surface area contributed by atoms with Crippen LogP contribution in [0, 0.1) is 24.7 Å². The quantitative estimate of drug-likeness (QED) is 0.226. The van der Waals surface area contributed by atoms with Gasteiger partial charge in [-0.3, -0.25) is 14.4 Å². The first-order chi connectivity index (χ1) is 19.0. The smallest absolute Gasteiger partial charge is 0.312 e. The Hall–Kier alpha value is -2.68. The number of carbonyl (C=O) groups is 3. The molecule has 1 N–H and O–H groups in total. The van der Waals surface area contributed by atoms with Gasteiger partial charge in [0.25, 0.3) is 5.91 Å². The molecular formula is C31H41ClN2O6. The highest BCUT2D eigenvalue weighted by molar-refractivity contribution is 6.34. The number of nitrogens with zero attached hydrogens (tertiary/aromatic N) is 2. The molecule has 0 aliphatic carbocycles. The second kappa shape index (κ2) is 11.7. The van der Waals surface area contributed by atoms with Crippen LogP contribution in [0.25, 0.3) is 0 Å². The number of amides is 2. The minimum absolute atomic E-state index is 0.153. The average molecular weight is 573 g/mol. The fraction of sp³-hybridized carbons (Fsp3) is 0.581. The Labute approximate surface area is 241 Å². The van der Waals surface area contributed by atoms with Gasteiger partial charge in [-0.25, -0.2) is 0 Å². The Morgan fingerprint density at radius 2 is 2.02 bits per heavy atom. The molecule has 1 spiro atoms. The van der Waals surface area contributed by atoms with Crippen molar-refractivity contribution in [3.05, 3.63) is 54.1 Å². The molecule has 9 heteroatoms. The summed E-state index contributed by atoms with van der Waals surface area (Å²) in [5, 5.41) is 10.9. The lowest BCUT2D eigenvalue weighted by atomic mass is 9.65. The van der Waals surface area contributed by atoms with E-state index in [4.69, 9.17) is 21.1 Å². The minimum Gasteiger partial charge on any atom is -0.465 e. The van der Waals surface area contributed by atoms with Gasteiger partial charge in [0.15, 0.2) is 0 Å². The van der Waals surface area contributed by atoms with E-state index in [-0.39, 0.29) is 37.5 Å². The Kier molecular flexibility index (Phi) is 8.83. The van der Waals surface area contributed by atoms with Crippen LogP contribution < -0.4 is 4.90 Å². The van der Waals surface area contributed by atoms with Crippen LogP contribution in [0.5, 0.6) is 0 Å². The van der Waals surface area contributed by atoms with E-state index < -0.39 is 41.1 Å². The zero-order chi connectivity index (χ0) is 29.4. The molecule has 3 saturated heterocycles. The van der Waals surface area contributed by atoms with Crippen LogP contribution in [-0.2, 0) is 23.9 Å². The minimum atomic E-state index is -1.25. The van der Waals surface area contributed by atoms with Crippen LogP contribution in [0.4, 0.5) is 5.69 Å². The van der Waals surface area contributed by atoms with Gasteiger partial charge >= 0.3 is 5.97 Å². The number of ether oxygens (including phenoxy) is 2. The molecule has 6 atom stereocenters. The number of para-hydroxylation sites is 1. The van der Waals surface area contributed by atoms with Crippen LogP contribution in [0.2, 0.25) is 5.02 Å². The Bertz CT molecular complexity index is 1170. The first-order valence-corrected chi connectivity index (χ1v) is 14.5. The number of aryl methyl sites for hydroxylation is 1. The lowest BCUT2D eigenvalue weighted by Gasteiger charge is -2.41. The van der Waals surface area contributed by atoms with Crippen molar-refractivity contribution in [1.29, 1.82) is 0 Å². The van der Waals surface area contributed by atoms with Crippen LogP contribution in [0.1, 0.15) is 52.0 Å². The van der Waals surface area contributed by atoms with Crippen molar-refractivity contribution < 1.29 is 29.0 Å². The lowest BCUT2D eigenvalue weighted by Crippen LogP contribution is -2.60. The van der Waals surface area contributed by atoms with Crippen molar-refractivity contribution in [3.8, 4) is 0 Å². The molecule has 0 saturated carbocycles. The lowest BCUT2D eigenvalue weighted by molar-refractivity contribution is -0.162. The van der Waals surface area contributed by atoms with E-state index in [9.17, 15) is 19.5 Å². The molecule has 2 amide bonds. The second-order valence-corrected chi connectivity index (χ2v) is 11.9. The highest BCUT2D eigenvalue weighted by Crippen LogP contribution is 2.65. The van der Waals surface area contributed by atoms with Gasteiger partial charge in [-0.15, -0.1) is 13.2 Å². The third-order valence-corrected chi connectivity index (χ3v) is 9.33. The summed E-state index contributed by atoms with van der Waals surface area (Å²) in [6.07, 6.45) is 5.21. The summed E-state index contributed by atoms with van der Waals surface area (Å²) in [5.74, 6) is -3.15. The van der Waals surface area contributed by atoms with Gasteiger partial charge < -0.3 is 24.4 Å². The van der Waals surface area contributed by atoms with Crippen molar-refractivity contribution in [1.82, 2.24) is 4.90 Å². The molecule has 4 rings (SSSR count). The topological polar surface area (TPSA) is 96.4 Å². The summed E-state index contributed by atoms with van der Waals surface area (Å²) < 4.78 is 12.4. The number of benzene rings is 1. The maximum atomic E-state index is 14.8. The molecule has 8 nitrogen and oxygen atoms in total. The van der Waals surface area contributed by atoms with Crippen molar-refractivity contribution in [2.24, 2.45) is 17.8 Å². The molecule has 40 heavy (non-hydrogen) atoms. The number of fused-ring (bicyclic) bond motifs is 1. The van der Waals surface area contributed by atoms with Crippen LogP contribution >= 0.6 is 11.6 Å². The normalized spacial score (nSPS) is 29.4. The number of aliphatic hydroxyl groups excluding tert-OH is 1. The highest BCUT2D eigenvalue weighted by Gasteiger charge is 2.79. The molecule has 1 aromatic rings. The third-order valence-electron chi connectivity index (χ3n) is 9.02. The number of hydrogen-bond donors (Lipinski definition) is 1. The number of hydrogen-bond acceptors (Lipinski definition) is 6. The zero-order valence-electron chi connectivity index (χ0n) is 23.9. The molecule has 0 radical (unpaired) electrons. The number of carbonyl (C=O) groups excluding carboxylic acids is 3. The molecule has 3 fully saturated rings. The van der Waals surface area contributed by atoms with E-state index in [1.54, 1.807) is 23.1 Å². The van der Waals surface area contributed by atoms with Gasteiger partial charge in [0.2, 0.25) is 5.91 Å². The summed E-state index contributed by atoms with van der Waals surface area (Å²) in [5.41, 5.74) is -0.833. The van der Waals surface area contributed by atoms with Crippen molar-refractivity contribution >= 4 is 35.1 Å². The van der Waals surface area contributed by atoms with Crippen LogP contribution in [0.3, 0.4) is 0 Å². The van der Waals surface area contributed by atoms with Crippen molar-refractivity contribution in [3.63, 3.8) is 0 Å². The largest absolute Gasteiger partial charge is 0.465 e. The highest BCUT2D eigenvalue weighted by atomic mass is 35.5. The Balaban J connectivity index is 1.88. The van der Waals surface area contributed by atoms with Gasteiger partial charge in [-0.2, -0.15) is 0 Å². The zero-order valence-corrected chi connectivity index (χ0v) is 24.7. The number of rotatable bonds is 12. The molecular weight excluding hydrogens is 532 g/mol. The second-order valence-electron chi connectivity index (χ2n) is 11.5. The maximum absolute atomic E-state index is 14.8. The van der Waals surface area contributed by atoms with E-state index in [1.165, 1.54) is 4.90 Å². The van der Waals surface area contributed by atoms with Gasteiger partial charge in [0.1, 0.15) is 17.6 Å². The van der Waals surface area contributed by atoms with Gasteiger partial charge in [-0.1, -0.05) is 56.7 Å². The molecule has 3 aliphatic heterocycles. The SMILES string of the molecule is C=CCCOC(=O)[C@H]1[C@H]2C(=O)N([C@@H](CO)C(C)C)C(C(=O)N(CC=C)c3c(C)cccc3Cl)C23CC[C@]1(CC)O3. The number of anilines is 1. The molecule has 1 aromatic carbocycles. The van der Waals surface area contributed by atoms with Crippen LogP contribution in [0.15, 0.2) is 43.5 Å². The standard InChI is InChI=1S/C31H41ClN2O6/c1-7-10-17-39-29(38)24-23-27(36)34(22(18-35)19(4)5)26(31(23)15-14-30(24,9-3)40-31)28(37)33(16-8-2)25-20(6)12-11-13-21(25)32/h7-8,11-13,19,22-24,26,35H,1-2,9-10,14-18H2,3-6H3/t22-,23-,24+,26?,30-,31?/m0/s1. The van der Waals surface area contributed by atoms with Gasteiger partial charge in [-0.05, 0) is 50.2 Å². The van der Waals surface area contributed by atoms with E-state index in [0.29, 0.717) is 36.4 Å². The van der Waals surface area contributed by atoms with E-state index in [0.717, 1.165) is 5.56 Å². The Morgan fingerprint density at radius 1 is 1.30 bits per heavy atom. The third kappa shape index (κ3) is 4.58. The first kappa shape index (κ1) is 30.3. The number of likely N-dealkylation sites (tertiary alicyclic amines) is 1. The summed E-state index contributed by atoms with van der Waals surface area (Å²) in [7, 11) is 0. The van der Waals surface area contributed by atoms with Crippen LogP contribution in [-0.4, -0.2) is 70.8 Å². The maximum Gasteiger partial charge on any atom is 0.312 e. The van der Waals surface area contributed by atoms with Gasteiger partial charge in [0, 0.05) is 6.54 Å². The predicted octanol–water partition coefficient (Wildman–Crippen LogP) is 4.46. The fourth-order valence-corrected chi connectivity index (χ4v) is 7.46. The van der Waals surface area contributed by atoms with E-state index >= 15 is 0 Å². The van der Waals surface area contributed by atoms with E-state index in [2.05, 4.69) is 13.2 Å². The molecule has 218 valence electrons. The fourth-order valence-electron chi connectivity index (χ4n) is 7.14. The molecule has 3 aliphatic rings. The molecule has 0 aromatic heterocycles. The monoisotopic (exact) mass is 572 g/mol. The average Bonchev–Trinajstić information content (AvgIpc) is 3.52. The predicted molar refractivity (Wildman–Crippen MR) is 154 cm³/mol. The number of aliphatic hydroxyl groups is 1. The molecule has 2 unspecified atom stereocenters. The van der Waals surface area contributed by atoms with Gasteiger partial charge in [0.05, 0.1) is 41.5 Å². The van der Waals surface area contributed by atoms with Crippen molar-refractivity contribution in [2.75, 3.05) is 24.7 Å². The Morgan fingerprint density at radius 3 is 2.60 bits per heavy atom. The summed E-state index contributed by atoms with van der Waals surface area (Å²) in [4.78, 5) is 45.8. The molecule has 2 bridgehead atoms. The number of halogens is 1. The van der Waals surface area contributed by atoms with Crippen molar-refractivity contribution in [2.45, 2.75) is 76.7 Å². The van der Waals surface area contributed by atoms with E-state index in [1.807, 2.05) is 39.8 Å². The first-order valence-electron chi connectivity index (χ1n) is 14.1. The summed E-state index contributed by atoms with van der Waals surface area (Å²) in [6.45, 7) is 15.1. The molecule has 3 heterocycles. The summed E-state index contributed by atoms with van der Waals surface area (Å²) >= 11 is 6.63.